The molecule has 7 heteroatoms. The third-order valence-corrected chi connectivity index (χ3v) is 3.38. The molecule has 0 aliphatic carbocycles. The van der Waals surface area contributed by atoms with Crippen LogP contribution in [-0.4, -0.2) is 22.1 Å². The average Bonchev–Trinajstić information content (AvgIpc) is 2.81. The summed E-state index contributed by atoms with van der Waals surface area (Å²) in [5.41, 5.74) is 6.60. The van der Waals surface area contributed by atoms with Gasteiger partial charge in [0.25, 0.3) is 5.91 Å². The number of H-pyrrole nitrogens is 1. The number of nitrogens with two attached hydrogens (primary N) is 1. The maximum atomic E-state index is 12.2. The summed E-state index contributed by atoms with van der Waals surface area (Å²) in [6.07, 6.45) is 0. The minimum atomic E-state index is -0.523. The van der Waals surface area contributed by atoms with Crippen molar-refractivity contribution in [3.63, 3.8) is 0 Å². The van der Waals surface area contributed by atoms with Crippen LogP contribution in [0.3, 0.4) is 0 Å². The van der Waals surface area contributed by atoms with Gasteiger partial charge in [-0.05, 0) is 42.5 Å². The maximum Gasteiger partial charge on any atom is 0.333 e. The van der Waals surface area contributed by atoms with Crippen molar-refractivity contribution in [2.45, 2.75) is 0 Å². The van der Waals surface area contributed by atoms with E-state index in [0.717, 1.165) is 4.57 Å². The third kappa shape index (κ3) is 2.68. The fourth-order valence-electron chi connectivity index (χ4n) is 2.12. The first kappa shape index (κ1) is 14.2. The number of carbonyl (C=O) groups is 1. The number of hydrogen-bond donors (Lipinski definition) is 2. The molecule has 0 saturated carbocycles. The number of nitrogens with one attached hydrogen (secondary N) is 1. The number of carbonyl (C=O) groups excluding carboxylic acids is 1. The lowest BCUT2D eigenvalue weighted by atomic mass is 10.3. The zero-order valence-electron chi connectivity index (χ0n) is 11.4. The second-order valence-corrected chi connectivity index (χ2v) is 5.11. The molecule has 0 fully saturated rings. The molecule has 3 rings (SSSR count). The van der Waals surface area contributed by atoms with Crippen LogP contribution < -0.4 is 16.2 Å². The van der Waals surface area contributed by atoms with Crippen molar-refractivity contribution in [2.24, 2.45) is 0 Å². The van der Waals surface area contributed by atoms with E-state index in [0.29, 0.717) is 27.5 Å². The van der Waals surface area contributed by atoms with E-state index in [1.807, 2.05) is 0 Å². The number of rotatable bonds is 3. The van der Waals surface area contributed by atoms with Gasteiger partial charge in [0.15, 0.2) is 6.61 Å². The Morgan fingerprint density at radius 2 is 1.95 bits per heavy atom. The summed E-state index contributed by atoms with van der Waals surface area (Å²) in [6.45, 7) is -0.265. The topological polar surface area (TPSA) is 90.1 Å². The molecule has 1 aromatic heterocycles. The molecule has 0 spiro atoms. The number of imidazole rings is 1. The molecule has 0 saturated heterocycles. The van der Waals surface area contributed by atoms with Crippen molar-refractivity contribution < 1.29 is 9.53 Å². The Morgan fingerprint density at radius 1 is 1.23 bits per heavy atom. The Balaban J connectivity index is 1.84. The van der Waals surface area contributed by atoms with Gasteiger partial charge >= 0.3 is 5.69 Å². The van der Waals surface area contributed by atoms with Gasteiger partial charge in [0.1, 0.15) is 5.75 Å². The molecular formula is C15H12ClN3O3. The minimum Gasteiger partial charge on any atom is -0.484 e. The number of anilines is 1. The summed E-state index contributed by atoms with van der Waals surface area (Å²) >= 11 is 5.77. The maximum absolute atomic E-state index is 12.2. The molecule has 0 aliphatic heterocycles. The van der Waals surface area contributed by atoms with E-state index in [1.165, 1.54) is 0 Å². The normalized spacial score (nSPS) is 10.8. The highest BCUT2D eigenvalue weighted by atomic mass is 35.5. The van der Waals surface area contributed by atoms with Crippen LogP contribution in [0, 0.1) is 0 Å². The molecule has 3 N–H and O–H groups in total. The van der Waals surface area contributed by atoms with Gasteiger partial charge in [-0.15, -0.1) is 0 Å². The van der Waals surface area contributed by atoms with Crippen LogP contribution in [-0.2, 0) is 0 Å². The van der Waals surface area contributed by atoms with Gasteiger partial charge in [0, 0.05) is 10.7 Å². The minimum absolute atomic E-state index is 0.265. The van der Waals surface area contributed by atoms with Crippen LogP contribution in [0.1, 0.15) is 4.79 Å². The Kier molecular flexibility index (Phi) is 3.60. The molecule has 0 atom stereocenters. The van der Waals surface area contributed by atoms with Crippen molar-refractivity contribution in [3.05, 3.63) is 58.0 Å². The van der Waals surface area contributed by atoms with Gasteiger partial charge in [0.2, 0.25) is 0 Å². The van der Waals surface area contributed by atoms with Crippen molar-refractivity contribution in [2.75, 3.05) is 12.3 Å². The Labute approximate surface area is 130 Å². The summed E-state index contributed by atoms with van der Waals surface area (Å²) in [5, 5.41) is 0.573. The predicted molar refractivity (Wildman–Crippen MR) is 84.5 cm³/mol. The largest absolute Gasteiger partial charge is 0.484 e. The molecule has 3 aromatic rings. The first-order chi connectivity index (χ1) is 10.5. The second-order valence-electron chi connectivity index (χ2n) is 4.68. The standard InChI is InChI=1S/C15H12ClN3O3/c16-9-1-4-11(5-2-9)22-8-14(20)19-13-6-3-10(17)7-12(13)18-15(19)21/h1-7H,8,17H2,(H,18,21). The van der Waals surface area contributed by atoms with Gasteiger partial charge in [-0.2, -0.15) is 0 Å². The molecular weight excluding hydrogens is 306 g/mol. The molecule has 0 aliphatic rings. The highest BCUT2D eigenvalue weighted by Crippen LogP contribution is 2.16. The number of aromatic amines is 1. The fourth-order valence-corrected chi connectivity index (χ4v) is 2.24. The van der Waals surface area contributed by atoms with E-state index in [1.54, 1.807) is 42.5 Å². The first-order valence-corrected chi connectivity index (χ1v) is 6.84. The summed E-state index contributed by atoms with van der Waals surface area (Å²) < 4.78 is 6.40. The number of benzene rings is 2. The van der Waals surface area contributed by atoms with Gasteiger partial charge in [-0.1, -0.05) is 11.6 Å². The summed E-state index contributed by atoms with van der Waals surface area (Å²) in [6, 6.07) is 11.4. The van der Waals surface area contributed by atoms with Crippen LogP contribution in [0.4, 0.5) is 5.69 Å². The van der Waals surface area contributed by atoms with Crippen molar-refractivity contribution in [3.8, 4) is 5.75 Å². The Hall–Kier alpha value is -2.73. The van der Waals surface area contributed by atoms with Crippen LogP contribution >= 0.6 is 11.6 Å². The quantitative estimate of drug-likeness (QED) is 0.725. The molecule has 1 heterocycles. The SMILES string of the molecule is Nc1ccc2c(c1)[nH]c(=O)n2C(=O)COc1ccc(Cl)cc1. The average molecular weight is 318 g/mol. The Morgan fingerprint density at radius 3 is 2.68 bits per heavy atom. The zero-order chi connectivity index (χ0) is 15.7. The molecule has 2 aromatic carbocycles. The lowest BCUT2D eigenvalue weighted by Crippen LogP contribution is -2.28. The number of hydrogen-bond acceptors (Lipinski definition) is 4. The van der Waals surface area contributed by atoms with E-state index in [2.05, 4.69) is 4.98 Å². The van der Waals surface area contributed by atoms with Crippen LogP contribution in [0.25, 0.3) is 11.0 Å². The molecule has 112 valence electrons. The molecule has 22 heavy (non-hydrogen) atoms. The second kappa shape index (κ2) is 5.57. The number of aromatic nitrogens is 2. The van der Waals surface area contributed by atoms with Gasteiger partial charge < -0.3 is 15.5 Å². The summed E-state index contributed by atoms with van der Waals surface area (Å²) in [7, 11) is 0. The Bertz CT molecular complexity index is 897. The highest BCUT2D eigenvalue weighted by molar-refractivity contribution is 6.30. The lowest BCUT2D eigenvalue weighted by molar-refractivity contribution is 0.0839. The number of halogens is 1. The van der Waals surface area contributed by atoms with Crippen LogP contribution in [0.5, 0.6) is 5.75 Å². The van der Waals surface area contributed by atoms with Gasteiger partial charge in [-0.3, -0.25) is 4.79 Å². The summed E-state index contributed by atoms with van der Waals surface area (Å²) in [4.78, 5) is 26.7. The lowest BCUT2D eigenvalue weighted by Gasteiger charge is -2.06. The zero-order valence-corrected chi connectivity index (χ0v) is 12.1. The van der Waals surface area contributed by atoms with Crippen molar-refractivity contribution >= 4 is 34.2 Å². The van der Waals surface area contributed by atoms with E-state index < -0.39 is 11.6 Å². The smallest absolute Gasteiger partial charge is 0.333 e. The van der Waals surface area contributed by atoms with E-state index >= 15 is 0 Å². The molecule has 0 amide bonds. The first-order valence-electron chi connectivity index (χ1n) is 6.46. The predicted octanol–water partition coefficient (Wildman–Crippen LogP) is 2.28. The van der Waals surface area contributed by atoms with Crippen LogP contribution in [0.15, 0.2) is 47.3 Å². The van der Waals surface area contributed by atoms with Gasteiger partial charge in [0.05, 0.1) is 11.0 Å². The molecule has 0 bridgehead atoms. The number of ether oxygens (including phenoxy) is 1. The van der Waals surface area contributed by atoms with E-state index in [9.17, 15) is 9.59 Å². The summed E-state index contributed by atoms with van der Waals surface area (Å²) in [5.74, 6) is 0.0193. The fraction of sp³-hybridized carbons (Fsp3) is 0.0667. The van der Waals surface area contributed by atoms with E-state index in [-0.39, 0.29) is 6.61 Å². The van der Waals surface area contributed by atoms with Crippen LogP contribution in [0.2, 0.25) is 5.02 Å². The van der Waals surface area contributed by atoms with Crippen molar-refractivity contribution in [1.82, 2.24) is 9.55 Å². The monoisotopic (exact) mass is 317 g/mol. The molecule has 6 nitrogen and oxygen atoms in total. The third-order valence-electron chi connectivity index (χ3n) is 3.13. The molecule has 0 unspecified atom stereocenters. The number of fused-ring (bicyclic) bond motifs is 1. The number of nitrogen functional groups attached to an aromatic ring is 1. The van der Waals surface area contributed by atoms with Gasteiger partial charge in [-0.25, -0.2) is 9.36 Å². The molecule has 0 radical (unpaired) electrons. The number of nitrogens with zero attached hydrogens (tertiary/aromatic N) is 1. The van der Waals surface area contributed by atoms with E-state index in [4.69, 9.17) is 22.1 Å². The highest BCUT2D eigenvalue weighted by Gasteiger charge is 2.14. The van der Waals surface area contributed by atoms with Crippen molar-refractivity contribution in [1.29, 1.82) is 0 Å².